The van der Waals surface area contributed by atoms with E-state index < -0.39 is 5.41 Å². The molecule has 108 valence electrons. The maximum absolute atomic E-state index is 12.4. The first-order valence-electron chi connectivity index (χ1n) is 6.27. The van der Waals surface area contributed by atoms with Crippen molar-refractivity contribution in [1.82, 2.24) is 0 Å². The zero-order chi connectivity index (χ0) is 13.8. The first kappa shape index (κ1) is 18.4. The maximum Gasteiger partial charge on any atom is 0.231 e. The van der Waals surface area contributed by atoms with Gasteiger partial charge in [0.1, 0.15) is 0 Å². The van der Waals surface area contributed by atoms with E-state index in [1.807, 2.05) is 39.0 Å². The van der Waals surface area contributed by atoms with Crippen LogP contribution in [0.4, 0.5) is 5.69 Å². The number of benzene rings is 1. The first-order chi connectivity index (χ1) is 8.50. The number of nitrogens with one attached hydrogen (secondary N) is 1. The van der Waals surface area contributed by atoms with Gasteiger partial charge in [-0.1, -0.05) is 35.8 Å². The monoisotopic (exact) mass is 348 g/mol. The Labute approximate surface area is 129 Å². The van der Waals surface area contributed by atoms with Crippen LogP contribution in [0.15, 0.2) is 22.7 Å². The Kier molecular flexibility index (Phi) is 7.64. The summed E-state index contributed by atoms with van der Waals surface area (Å²) in [5, 5.41) is 3.00. The fourth-order valence-corrected chi connectivity index (χ4v) is 2.32. The molecule has 0 fully saturated rings. The maximum atomic E-state index is 12.4. The van der Waals surface area contributed by atoms with E-state index >= 15 is 0 Å². The largest absolute Gasteiger partial charge is 0.329 e. The van der Waals surface area contributed by atoms with Gasteiger partial charge < -0.3 is 11.1 Å². The minimum Gasteiger partial charge on any atom is -0.329 e. The topological polar surface area (TPSA) is 55.1 Å². The highest BCUT2D eigenvalue weighted by molar-refractivity contribution is 9.10. The summed E-state index contributed by atoms with van der Waals surface area (Å²) >= 11 is 3.46. The SMILES string of the molecule is CCC(CC)(CN)C(=O)Nc1cccc(Br)c1C.Cl. The van der Waals surface area contributed by atoms with E-state index in [0.29, 0.717) is 6.54 Å². The van der Waals surface area contributed by atoms with Crippen molar-refractivity contribution in [3.63, 3.8) is 0 Å². The number of carbonyl (C=O) groups is 1. The lowest BCUT2D eigenvalue weighted by atomic mass is 9.81. The number of hydrogen-bond acceptors (Lipinski definition) is 2. The zero-order valence-electron chi connectivity index (χ0n) is 11.6. The Morgan fingerprint density at radius 3 is 2.42 bits per heavy atom. The molecule has 0 aliphatic carbocycles. The van der Waals surface area contributed by atoms with E-state index in [-0.39, 0.29) is 18.3 Å². The van der Waals surface area contributed by atoms with Crippen LogP contribution in [0, 0.1) is 12.3 Å². The lowest BCUT2D eigenvalue weighted by Crippen LogP contribution is -2.41. The average Bonchev–Trinajstić information content (AvgIpc) is 2.38. The highest BCUT2D eigenvalue weighted by Gasteiger charge is 2.33. The van der Waals surface area contributed by atoms with Crippen LogP contribution in [0.25, 0.3) is 0 Å². The van der Waals surface area contributed by atoms with Crippen molar-refractivity contribution in [3.8, 4) is 0 Å². The second kappa shape index (κ2) is 7.88. The Hall–Kier alpha value is -0.580. The quantitative estimate of drug-likeness (QED) is 0.847. The Morgan fingerprint density at radius 2 is 1.95 bits per heavy atom. The van der Waals surface area contributed by atoms with Crippen molar-refractivity contribution >= 4 is 39.9 Å². The van der Waals surface area contributed by atoms with Crippen LogP contribution >= 0.6 is 28.3 Å². The molecule has 1 amide bonds. The molecule has 1 aromatic carbocycles. The molecule has 0 aliphatic rings. The summed E-state index contributed by atoms with van der Waals surface area (Å²) in [6.45, 7) is 6.36. The van der Waals surface area contributed by atoms with Crippen molar-refractivity contribution < 1.29 is 4.79 Å². The molecule has 0 aromatic heterocycles. The summed E-state index contributed by atoms with van der Waals surface area (Å²) in [7, 11) is 0. The highest BCUT2D eigenvalue weighted by Crippen LogP contribution is 2.29. The molecule has 0 spiro atoms. The standard InChI is InChI=1S/C14H21BrN2O.ClH/c1-4-14(5-2,9-16)13(18)17-12-8-6-7-11(15)10(12)3;/h6-8H,4-5,9,16H2,1-3H3,(H,17,18);1H. The minimum atomic E-state index is -0.464. The Bertz CT molecular complexity index is 425. The molecule has 0 saturated carbocycles. The molecule has 3 N–H and O–H groups in total. The molecule has 0 atom stereocenters. The van der Waals surface area contributed by atoms with Crippen molar-refractivity contribution in [3.05, 3.63) is 28.2 Å². The number of amides is 1. The third-order valence-electron chi connectivity index (χ3n) is 3.74. The van der Waals surface area contributed by atoms with Crippen LogP contribution in [0.1, 0.15) is 32.3 Å². The van der Waals surface area contributed by atoms with Crippen LogP contribution < -0.4 is 11.1 Å². The fourth-order valence-electron chi connectivity index (χ4n) is 1.95. The molecular formula is C14H22BrClN2O. The summed E-state index contributed by atoms with van der Waals surface area (Å²) in [5.74, 6) is 0.0104. The summed E-state index contributed by atoms with van der Waals surface area (Å²) in [6.07, 6.45) is 1.50. The van der Waals surface area contributed by atoms with Crippen LogP contribution in [-0.4, -0.2) is 12.5 Å². The van der Waals surface area contributed by atoms with Crippen LogP contribution in [0.3, 0.4) is 0 Å². The Balaban J connectivity index is 0.00000324. The Morgan fingerprint density at radius 1 is 1.37 bits per heavy atom. The second-order valence-corrected chi connectivity index (χ2v) is 5.41. The molecule has 0 radical (unpaired) electrons. The van der Waals surface area contributed by atoms with Gasteiger partial charge in [-0.25, -0.2) is 0 Å². The molecule has 19 heavy (non-hydrogen) atoms. The van der Waals surface area contributed by atoms with Crippen LogP contribution in [-0.2, 0) is 4.79 Å². The van der Waals surface area contributed by atoms with Crippen LogP contribution in [0.5, 0.6) is 0 Å². The third kappa shape index (κ3) is 3.94. The summed E-state index contributed by atoms with van der Waals surface area (Å²) < 4.78 is 0.992. The first-order valence-corrected chi connectivity index (χ1v) is 7.06. The number of anilines is 1. The average molecular weight is 350 g/mol. The molecular weight excluding hydrogens is 328 g/mol. The predicted octanol–water partition coefficient (Wildman–Crippen LogP) is 3.88. The number of carbonyl (C=O) groups excluding carboxylic acids is 1. The highest BCUT2D eigenvalue weighted by atomic mass is 79.9. The van der Waals surface area contributed by atoms with Gasteiger partial charge >= 0.3 is 0 Å². The van der Waals surface area contributed by atoms with Gasteiger partial charge in [0, 0.05) is 16.7 Å². The van der Waals surface area contributed by atoms with Gasteiger partial charge in [-0.15, -0.1) is 12.4 Å². The smallest absolute Gasteiger partial charge is 0.231 e. The van der Waals surface area contributed by atoms with Gasteiger partial charge in [0.25, 0.3) is 0 Å². The van der Waals surface area contributed by atoms with E-state index in [0.717, 1.165) is 28.6 Å². The molecule has 0 saturated heterocycles. The summed E-state index contributed by atoms with van der Waals surface area (Å²) in [4.78, 5) is 12.4. The van der Waals surface area contributed by atoms with E-state index in [2.05, 4.69) is 21.2 Å². The molecule has 0 aliphatic heterocycles. The van der Waals surface area contributed by atoms with E-state index in [1.54, 1.807) is 0 Å². The van der Waals surface area contributed by atoms with Gasteiger partial charge in [0.15, 0.2) is 0 Å². The van der Waals surface area contributed by atoms with Crippen molar-refractivity contribution in [1.29, 1.82) is 0 Å². The van der Waals surface area contributed by atoms with Crippen LogP contribution in [0.2, 0.25) is 0 Å². The van der Waals surface area contributed by atoms with Gasteiger partial charge in [-0.3, -0.25) is 4.79 Å². The van der Waals surface area contributed by atoms with Crippen molar-refractivity contribution in [2.45, 2.75) is 33.6 Å². The van der Waals surface area contributed by atoms with Crippen molar-refractivity contribution in [2.75, 3.05) is 11.9 Å². The molecule has 3 nitrogen and oxygen atoms in total. The molecule has 0 bridgehead atoms. The number of halogens is 2. The van der Waals surface area contributed by atoms with Crippen molar-refractivity contribution in [2.24, 2.45) is 11.1 Å². The normalized spacial score (nSPS) is 10.8. The molecule has 1 aromatic rings. The lowest BCUT2D eigenvalue weighted by molar-refractivity contribution is -0.125. The molecule has 0 unspecified atom stereocenters. The molecule has 0 heterocycles. The van der Waals surface area contributed by atoms with Gasteiger partial charge in [-0.05, 0) is 37.5 Å². The fraction of sp³-hybridized carbons (Fsp3) is 0.500. The van der Waals surface area contributed by atoms with Gasteiger partial charge in [0.05, 0.1) is 5.41 Å². The van der Waals surface area contributed by atoms with Gasteiger partial charge in [0.2, 0.25) is 5.91 Å². The van der Waals surface area contributed by atoms with E-state index in [9.17, 15) is 4.79 Å². The predicted molar refractivity (Wildman–Crippen MR) is 86.8 cm³/mol. The summed E-state index contributed by atoms with van der Waals surface area (Å²) in [5.41, 5.74) is 7.19. The number of nitrogens with two attached hydrogens (primary N) is 1. The van der Waals surface area contributed by atoms with E-state index in [4.69, 9.17) is 5.73 Å². The molecule has 5 heteroatoms. The molecule has 1 rings (SSSR count). The number of rotatable bonds is 5. The van der Waals surface area contributed by atoms with E-state index in [1.165, 1.54) is 0 Å². The summed E-state index contributed by atoms with van der Waals surface area (Å²) in [6, 6.07) is 5.78. The zero-order valence-corrected chi connectivity index (χ0v) is 14.0. The minimum absolute atomic E-state index is 0. The lowest BCUT2D eigenvalue weighted by Gasteiger charge is -2.28. The number of hydrogen-bond donors (Lipinski definition) is 2. The second-order valence-electron chi connectivity index (χ2n) is 4.56. The van der Waals surface area contributed by atoms with Gasteiger partial charge in [-0.2, -0.15) is 0 Å². The third-order valence-corrected chi connectivity index (χ3v) is 4.60.